The van der Waals surface area contributed by atoms with E-state index in [0.717, 1.165) is 37.1 Å². The minimum absolute atomic E-state index is 0.0345. The van der Waals surface area contributed by atoms with E-state index in [1.54, 1.807) is 0 Å². The highest BCUT2D eigenvalue weighted by molar-refractivity contribution is 7.89. The molecule has 1 saturated heterocycles. The summed E-state index contributed by atoms with van der Waals surface area (Å²) < 4.78 is 40.4. The van der Waals surface area contributed by atoms with Gasteiger partial charge in [-0.15, -0.1) is 0 Å². The monoisotopic (exact) mass is 450 g/mol. The molecule has 1 amide bonds. The largest absolute Gasteiger partial charge is 0.326 e. The van der Waals surface area contributed by atoms with Crippen LogP contribution in [-0.4, -0.2) is 31.7 Å². The van der Waals surface area contributed by atoms with Crippen molar-refractivity contribution in [2.45, 2.75) is 43.4 Å². The van der Waals surface area contributed by atoms with Crippen molar-refractivity contribution in [1.82, 2.24) is 4.31 Å². The first-order valence-corrected chi connectivity index (χ1v) is 12.0. The summed E-state index contributed by atoms with van der Waals surface area (Å²) in [6.07, 6.45) is 5.20. The summed E-state index contributed by atoms with van der Waals surface area (Å²) >= 11 is 5.74. The van der Waals surface area contributed by atoms with Gasteiger partial charge in [0.05, 0.1) is 9.92 Å². The lowest BCUT2D eigenvalue weighted by Crippen LogP contribution is -2.41. The van der Waals surface area contributed by atoms with Gasteiger partial charge in [0.2, 0.25) is 15.9 Å². The second kappa shape index (κ2) is 8.65. The Kier molecular flexibility index (Phi) is 6.14. The van der Waals surface area contributed by atoms with Crippen molar-refractivity contribution in [2.24, 2.45) is 5.92 Å². The number of anilines is 1. The summed E-state index contributed by atoms with van der Waals surface area (Å²) in [5.74, 6) is -0.961. The zero-order valence-electron chi connectivity index (χ0n) is 16.5. The van der Waals surface area contributed by atoms with E-state index in [9.17, 15) is 17.6 Å². The number of fused-ring (bicyclic) bond motifs is 1. The third-order valence-electron chi connectivity index (χ3n) is 6.01. The Morgan fingerprint density at radius 2 is 1.83 bits per heavy atom. The Hall–Kier alpha value is -1.96. The highest BCUT2D eigenvalue weighted by atomic mass is 35.5. The quantitative estimate of drug-likeness (QED) is 0.750. The van der Waals surface area contributed by atoms with Crippen LogP contribution in [0.4, 0.5) is 10.1 Å². The summed E-state index contributed by atoms with van der Waals surface area (Å²) in [4.78, 5) is 12.8. The molecular formula is C22H24ClFN2O3S. The van der Waals surface area contributed by atoms with E-state index in [1.165, 1.54) is 27.9 Å². The van der Waals surface area contributed by atoms with Crippen LogP contribution in [0.5, 0.6) is 0 Å². The number of hydrogen-bond donors (Lipinski definition) is 1. The van der Waals surface area contributed by atoms with Crippen molar-refractivity contribution in [3.8, 4) is 0 Å². The first-order chi connectivity index (χ1) is 14.4. The molecule has 8 heteroatoms. The molecule has 30 heavy (non-hydrogen) atoms. The third-order valence-corrected chi connectivity index (χ3v) is 8.19. The van der Waals surface area contributed by atoms with Gasteiger partial charge in [0, 0.05) is 24.7 Å². The molecule has 160 valence electrons. The predicted molar refractivity (Wildman–Crippen MR) is 115 cm³/mol. The number of aryl methyl sites for hydroxylation is 1. The minimum Gasteiger partial charge on any atom is -0.326 e. The maximum atomic E-state index is 13.4. The molecule has 1 heterocycles. The van der Waals surface area contributed by atoms with Crippen molar-refractivity contribution >= 4 is 33.2 Å². The number of rotatable bonds is 4. The number of amides is 1. The average molecular weight is 451 g/mol. The molecule has 0 spiro atoms. The van der Waals surface area contributed by atoms with Crippen LogP contribution in [0.15, 0.2) is 41.3 Å². The van der Waals surface area contributed by atoms with Gasteiger partial charge in [-0.05, 0) is 73.9 Å². The van der Waals surface area contributed by atoms with Gasteiger partial charge in [0.15, 0.2) is 0 Å². The molecule has 1 aliphatic heterocycles. The lowest BCUT2D eigenvalue weighted by molar-refractivity contribution is -0.120. The van der Waals surface area contributed by atoms with Crippen LogP contribution in [0.2, 0.25) is 5.02 Å². The molecule has 0 atom stereocenters. The smallest absolute Gasteiger partial charge is 0.243 e. The van der Waals surface area contributed by atoms with Crippen molar-refractivity contribution in [2.75, 3.05) is 18.4 Å². The molecule has 0 unspecified atom stereocenters. The van der Waals surface area contributed by atoms with Gasteiger partial charge in [-0.3, -0.25) is 4.79 Å². The van der Waals surface area contributed by atoms with E-state index < -0.39 is 15.8 Å². The highest BCUT2D eigenvalue weighted by Crippen LogP contribution is 2.30. The Labute approximate surface area is 181 Å². The number of benzene rings is 2. The molecule has 0 aromatic heterocycles. The number of carbonyl (C=O) groups excluding carboxylic acids is 1. The molecule has 1 N–H and O–H groups in total. The molecule has 2 aliphatic rings. The molecule has 0 radical (unpaired) electrons. The molecule has 0 bridgehead atoms. The summed E-state index contributed by atoms with van der Waals surface area (Å²) in [6.45, 7) is 0.477. The van der Waals surface area contributed by atoms with E-state index in [1.807, 2.05) is 12.1 Å². The third kappa shape index (κ3) is 4.24. The zero-order chi connectivity index (χ0) is 21.3. The second-order valence-corrected chi connectivity index (χ2v) is 10.2. The van der Waals surface area contributed by atoms with Crippen molar-refractivity contribution in [1.29, 1.82) is 0 Å². The number of carbonyl (C=O) groups is 1. The minimum atomic E-state index is -3.77. The molecular weight excluding hydrogens is 427 g/mol. The van der Waals surface area contributed by atoms with Crippen LogP contribution in [0.25, 0.3) is 0 Å². The standard InChI is InChI=1S/C22H24ClFN2O3S/c23-19-14-17(8-9-20(19)24)30(28,29)26-12-10-16(11-13-26)22(27)25-21-7-3-5-15-4-1-2-6-18(15)21/h3,5,7-9,14,16H,1-2,4,6,10-13H2,(H,25,27). The van der Waals surface area contributed by atoms with E-state index in [4.69, 9.17) is 11.6 Å². The van der Waals surface area contributed by atoms with Crippen LogP contribution in [0.3, 0.4) is 0 Å². The van der Waals surface area contributed by atoms with E-state index in [-0.39, 0.29) is 34.8 Å². The molecule has 2 aromatic carbocycles. The summed E-state index contributed by atoms with van der Waals surface area (Å²) in [6, 6.07) is 9.44. The molecule has 0 saturated carbocycles. The number of nitrogens with one attached hydrogen (secondary N) is 1. The number of hydrogen-bond acceptors (Lipinski definition) is 3. The Bertz CT molecular complexity index is 1070. The normalized spacial score (nSPS) is 18.1. The number of halogens is 2. The van der Waals surface area contributed by atoms with Gasteiger partial charge < -0.3 is 5.32 Å². The number of piperidine rings is 1. The maximum Gasteiger partial charge on any atom is 0.243 e. The first-order valence-electron chi connectivity index (χ1n) is 10.2. The van der Waals surface area contributed by atoms with Crippen LogP contribution in [0.1, 0.15) is 36.8 Å². The first kappa shape index (κ1) is 21.3. The topological polar surface area (TPSA) is 66.5 Å². The predicted octanol–water partition coefficient (Wildman–Crippen LogP) is 4.40. The van der Waals surface area contributed by atoms with Gasteiger partial charge in [-0.2, -0.15) is 4.31 Å². The lowest BCUT2D eigenvalue weighted by atomic mass is 9.90. The Morgan fingerprint density at radius 1 is 1.10 bits per heavy atom. The van der Waals surface area contributed by atoms with E-state index in [0.29, 0.717) is 12.8 Å². The zero-order valence-corrected chi connectivity index (χ0v) is 18.1. The fourth-order valence-electron chi connectivity index (χ4n) is 4.28. The number of sulfonamides is 1. The molecule has 1 aliphatic carbocycles. The molecule has 2 aromatic rings. The Balaban J connectivity index is 1.41. The fourth-order valence-corrected chi connectivity index (χ4v) is 6.02. The molecule has 4 rings (SSSR count). The van der Waals surface area contributed by atoms with Crippen LogP contribution in [0, 0.1) is 11.7 Å². The number of nitrogens with zero attached hydrogens (tertiary/aromatic N) is 1. The van der Waals surface area contributed by atoms with Gasteiger partial charge in [0.25, 0.3) is 0 Å². The van der Waals surface area contributed by atoms with E-state index >= 15 is 0 Å². The molecule has 5 nitrogen and oxygen atoms in total. The molecule has 1 fully saturated rings. The SMILES string of the molecule is O=C(Nc1cccc2c1CCCC2)C1CCN(S(=O)(=O)c2ccc(F)c(Cl)c2)CC1. The summed E-state index contributed by atoms with van der Waals surface area (Å²) in [5, 5.41) is 2.85. The second-order valence-electron chi connectivity index (χ2n) is 7.89. The van der Waals surface area contributed by atoms with Gasteiger partial charge in [-0.25, -0.2) is 12.8 Å². The van der Waals surface area contributed by atoms with E-state index in [2.05, 4.69) is 11.4 Å². The fraction of sp³-hybridized carbons (Fsp3) is 0.409. The van der Waals surface area contributed by atoms with Crippen LogP contribution in [-0.2, 0) is 27.7 Å². The Morgan fingerprint density at radius 3 is 2.57 bits per heavy atom. The lowest BCUT2D eigenvalue weighted by Gasteiger charge is -2.31. The van der Waals surface area contributed by atoms with Gasteiger partial charge in [0.1, 0.15) is 5.82 Å². The average Bonchev–Trinajstić information content (AvgIpc) is 2.76. The summed E-state index contributed by atoms with van der Waals surface area (Å²) in [5.41, 5.74) is 3.41. The van der Waals surface area contributed by atoms with Gasteiger partial charge in [-0.1, -0.05) is 23.7 Å². The van der Waals surface area contributed by atoms with Crippen molar-refractivity contribution in [3.05, 3.63) is 58.4 Å². The van der Waals surface area contributed by atoms with Crippen LogP contribution >= 0.6 is 11.6 Å². The summed E-state index contributed by atoms with van der Waals surface area (Å²) in [7, 11) is -3.77. The van der Waals surface area contributed by atoms with Crippen molar-refractivity contribution in [3.63, 3.8) is 0 Å². The maximum absolute atomic E-state index is 13.4. The highest BCUT2D eigenvalue weighted by Gasteiger charge is 2.32. The van der Waals surface area contributed by atoms with Gasteiger partial charge >= 0.3 is 0 Å². The van der Waals surface area contributed by atoms with Crippen molar-refractivity contribution < 1.29 is 17.6 Å². The van der Waals surface area contributed by atoms with Crippen LogP contribution < -0.4 is 5.32 Å².